The first-order valence-electron chi connectivity index (χ1n) is 9.14. The van der Waals surface area contributed by atoms with Crippen LogP contribution in [0.15, 0.2) is 30.5 Å². The molecule has 0 bridgehead atoms. The Morgan fingerprint density at radius 1 is 1.32 bits per heavy atom. The van der Waals surface area contributed by atoms with Crippen LogP contribution in [0.4, 0.5) is 4.39 Å². The van der Waals surface area contributed by atoms with E-state index in [2.05, 4.69) is 5.10 Å². The lowest BCUT2D eigenvalue weighted by Crippen LogP contribution is -2.40. The van der Waals surface area contributed by atoms with Gasteiger partial charge < -0.3 is 4.90 Å². The summed E-state index contributed by atoms with van der Waals surface area (Å²) >= 11 is 0. The Morgan fingerprint density at radius 2 is 2.08 bits per heavy atom. The molecule has 0 radical (unpaired) electrons. The van der Waals surface area contributed by atoms with Gasteiger partial charge in [-0.25, -0.2) is 4.39 Å². The van der Waals surface area contributed by atoms with Crippen LogP contribution >= 0.6 is 0 Å². The monoisotopic (exact) mass is 343 g/mol. The maximum atomic E-state index is 13.0. The molecule has 1 aliphatic rings. The number of carbonyl (C=O) groups is 1. The minimum Gasteiger partial charge on any atom is -0.338 e. The number of benzene rings is 1. The van der Waals surface area contributed by atoms with Crippen molar-refractivity contribution in [1.82, 2.24) is 14.7 Å². The highest BCUT2D eigenvalue weighted by molar-refractivity contribution is 5.95. The fourth-order valence-electron chi connectivity index (χ4n) is 3.57. The van der Waals surface area contributed by atoms with E-state index in [1.165, 1.54) is 12.1 Å². The van der Waals surface area contributed by atoms with E-state index in [1.54, 1.807) is 0 Å². The molecule has 0 spiro atoms. The average molecular weight is 343 g/mol. The topological polar surface area (TPSA) is 38.1 Å². The van der Waals surface area contributed by atoms with Gasteiger partial charge in [-0.1, -0.05) is 12.1 Å². The van der Waals surface area contributed by atoms with E-state index in [9.17, 15) is 9.18 Å². The molecule has 1 saturated heterocycles. The first-order chi connectivity index (χ1) is 12.1. The third-order valence-electron chi connectivity index (χ3n) is 5.06. The van der Waals surface area contributed by atoms with E-state index < -0.39 is 0 Å². The Kier molecular flexibility index (Phi) is 5.51. The number of hydrogen-bond donors (Lipinski definition) is 0. The summed E-state index contributed by atoms with van der Waals surface area (Å²) in [4.78, 5) is 14.8. The van der Waals surface area contributed by atoms with Crippen LogP contribution in [-0.4, -0.2) is 33.7 Å². The van der Waals surface area contributed by atoms with Crippen molar-refractivity contribution >= 4 is 5.91 Å². The first-order valence-corrected chi connectivity index (χ1v) is 9.14. The van der Waals surface area contributed by atoms with Crippen LogP contribution in [0, 0.1) is 18.7 Å². The van der Waals surface area contributed by atoms with Crippen LogP contribution < -0.4 is 0 Å². The summed E-state index contributed by atoms with van der Waals surface area (Å²) in [7, 11) is 0. The van der Waals surface area contributed by atoms with Gasteiger partial charge in [-0.05, 0) is 63.1 Å². The van der Waals surface area contributed by atoms with Gasteiger partial charge in [0.2, 0.25) is 0 Å². The van der Waals surface area contributed by atoms with Crippen molar-refractivity contribution in [3.05, 3.63) is 53.1 Å². The molecule has 134 valence electrons. The van der Waals surface area contributed by atoms with E-state index in [-0.39, 0.29) is 11.7 Å². The van der Waals surface area contributed by atoms with Crippen molar-refractivity contribution in [2.24, 2.45) is 5.92 Å². The Hall–Kier alpha value is -2.17. The number of aromatic nitrogens is 2. The minimum absolute atomic E-state index is 0.101. The molecule has 1 atom stereocenters. The summed E-state index contributed by atoms with van der Waals surface area (Å²) in [5.74, 6) is 0.411. The van der Waals surface area contributed by atoms with Crippen LogP contribution in [0.1, 0.15) is 47.8 Å². The third kappa shape index (κ3) is 4.27. The molecule has 1 aliphatic heterocycles. The zero-order valence-corrected chi connectivity index (χ0v) is 15.0. The summed E-state index contributed by atoms with van der Waals surface area (Å²) in [5.41, 5.74) is 2.69. The molecule has 1 fully saturated rings. The number of nitrogens with zero attached hydrogens (tertiary/aromatic N) is 3. The second-order valence-electron chi connectivity index (χ2n) is 6.91. The maximum Gasteiger partial charge on any atom is 0.257 e. The SMILES string of the molecule is CCn1cc(C(=O)N2CCCC(CCc3ccc(F)cc3)C2)c(C)n1. The minimum atomic E-state index is -0.193. The van der Waals surface area contributed by atoms with Crippen LogP contribution in [0.3, 0.4) is 0 Å². The molecule has 2 aromatic rings. The highest BCUT2D eigenvalue weighted by atomic mass is 19.1. The normalized spacial score (nSPS) is 17.7. The molecule has 1 unspecified atom stereocenters. The van der Waals surface area contributed by atoms with E-state index in [0.717, 1.165) is 62.1 Å². The Morgan fingerprint density at radius 3 is 2.76 bits per heavy atom. The molecule has 1 aromatic heterocycles. The molecule has 2 heterocycles. The number of carbonyl (C=O) groups excluding carboxylic acids is 1. The number of hydrogen-bond acceptors (Lipinski definition) is 2. The molecule has 1 amide bonds. The lowest BCUT2D eigenvalue weighted by Gasteiger charge is -2.32. The number of likely N-dealkylation sites (tertiary alicyclic amines) is 1. The highest BCUT2D eigenvalue weighted by Gasteiger charge is 2.26. The molecule has 0 saturated carbocycles. The average Bonchev–Trinajstić information content (AvgIpc) is 3.02. The molecular weight excluding hydrogens is 317 g/mol. The van der Waals surface area contributed by atoms with Gasteiger partial charge in [0.25, 0.3) is 5.91 Å². The van der Waals surface area contributed by atoms with Gasteiger partial charge in [0, 0.05) is 25.8 Å². The van der Waals surface area contributed by atoms with Crippen molar-refractivity contribution < 1.29 is 9.18 Å². The molecule has 25 heavy (non-hydrogen) atoms. The number of piperidine rings is 1. The van der Waals surface area contributed by atoms with Crippen molar-refractivity contribution in [2.75, 3.05) is 13.1 Å². The van der Waals surface area contributed by atoms with Crippen molar-refractivity contribution in [3.8, 4) is 0 Å². The molecule has 0 N–H and O–H groups in total. The quantitative estimate of drug-likeness (QED) is 0.827. The van der Waals surface area contributed by atoms with E-state index >= 15 is 0 Å². The van der Waals surface area contributed by atoms with Gasteiger partial charge in [0.15, 0.2) is 0 Å². The van der Waals surface area contributed by atoms with Crippen LogP contribution in [0.5, 0.6) is 0 Å². The number of halogens is 1. The molecule has 0 aliphatic carbocycles. The van der Waals surface area contributed by atoms with E-state index in [4.69, 9.17) is 0 Å². The van der Waals surface area contributed by atoms with E-state index in [1.807, 2.05) is 41.8 Å². The molecule has 5 heteroatoms. The van der Waals surface area contributed by atoms with Gasteiger partial charge in [-0.3, -0.25) is 9.48 Å². The summed E-state index contributed by atoms with van der Waals surface area (Å²) < 4.78 is 14.8. The Balaban J connectivity index is 1.59. The maximum absolute atomic E-state index is 13.0. The first kappa shape index (κ1) is 17.6. The lowest BCUT2D eigenvalue weighted by molar-refractivity contribution is 0.0667. The van der Waals surface area contributed by atoms with Gasteiger partial charge in [0.05, 0.1) is 11.3 Å². The largest absolute Gasteiger partial charge is 0.338 e. The predicted octanol–water partition coefficient (Wildman–Crippen LogP) is 3.84. The summed E-state index contributed by atoms with van der Waals surface area (Å²) in [6, 6.07) is 6.73. The van der Waals surface area contributed by atoms with Crippen molar-refractivity contribution in [2.45, 2.75) is 46.1 Å². The predicted molar refractivity (Wildman–Crippen MR) is 96.0 cm³/mol. The number of amides is 1. The van der Waals surface area contributed by atoms with Crippen molar-refractivity contribution in [3.63, 3.8) is 0 Å². The Bertz CT molecular complexity index is 723. The van der Waals surface area contributed by atoms with Gasteiger partial charge >= 0.3 is 0 Å². The number of rotatable bonds is 5. The fourth-order valence-corrected chi connectivity index (χ4v) is 3.57. The van der Waals surface area contributed by atoms with Gasteiger partial charge in [-0.15, -0.1) is 0 Å². The number of aryl methyl sites for hydroxylation is 3. The fraction of sp³-hybridized carbons (Fsp3) is 0.500. The smallest absolute Gasteiger partial charge is 0.257 e. The Labute approximate surface area is 148 Å². The van der Waals surface area contributed by atoms with Crippen LogP contribution in [0.2, 0.25) is 0 Å². The van der Waals surface area contributed by atoms with Crippen LogP contribution in [-0.2, 0) is 13.0 Å². The zero-order valence-electron chi connectivity index (χ0n) is 15.0. The van der Waals surface area contributed by atoms with Gasteiger partial charge in [0.1, 0.15) is 5.82 Å². The summed E-state index contributed by atoms with van der Waals surface area (Å²) in [5, 5.41) is 4.39. The highest BCUT2D eigenvalue weighted by Crippen LogP contribution is 2.23. The standard InChI is InChI=1S/C20H26FN3O/c1-3-24-14-19(15(2)22-24)20(25)23-12-4-5-17(13-23)7-6-16-8-10-18(21)11-9-16/h8-11,14,17H,3-7,12-13H2,1-2H3. The second-order valence-corrected chi connectivity index (χ2v) is 6.91. The zero-order chi connectivity index (χ0) is 17.8. The molecular formula is C20H26FN3O. The van der Waals surface area contributed by atoms with Crippen LogP contribution in [0.25, 0.3) is 0 Å². The third-order valence-corrected chi connectivity index (χ3v) is 5.06. The second kappa shape index (κ2) is 7.81. The summed E-state index contributed by atoms with van der Waals surface area (Å²) in [6.07, 6.45) is 6.02. The van der Waals surface area contributed by atoms with Crippen molar-refractivity contribution in [1.29, 1.82) is 0 Å². The molecule has 3 rings (SSSR count). The summed E-state index contributed by atoms with van der Waals surface area (Å²) in [6.45, 7) is 6.32. The molecule has 4 nitrogen and oxygen atoms in total. The van der Waals surface area contributed by atoms with E-state index in [0.29, 0.717) is 5.92 Å². The van der Waals surface area contributed by atoms with Gasteiger partial charge in [-0.2, -0.15) is 5.10 Å². The molecule has 1 aromatic carbocycles. The lowest BCUT2D eigenvalue weighted by atomic mass is 9.91.